The van der Waals surface area contributed by atoms with Gasteiger partial charge in [0.1, 0.15) is 0 Å². The predicted molar refractivity (Wildman–Crippen MR) is 69.8 cm³/mol. The van der Waals surface area contributed by atoms with Gasteiger partial charge >= 0.3 is 0 Å². The fraction of sp³-hybridized carbons (Fsp3) is 0.929. The molecule has 0 radical (unpaired) electrons. The molecular formula is C14H26N2O. The van der Waals surface area contributed by atoms with Crippen molar-refractivity contribution in [2.45, 2.75) is 51.9 Å². The molecule has 1 heterocycles. The summed E-state index contributed by atoms with van der Waals surface area (Å²) in [6.07, 6.45) is 8.51. The first-order chi connectivity index (χ1) is 8.26. The Labute approximate surface area is 105 Å². The molecule has 2 N–H and O–H groups in total. The van der Waals surface area contributed by atoms with Crippen LogP contribution in [-0.4, -0.2) is 25.5 Å². The van der Waals surface area contributed by atoms with Crippen molar-refractivity contribution in [1.82, 2.24) is 10.6 Å². The summed E-state index contributed by atoms with van der Waals surface area (Å²) in [7, 11) is 0. The van der Waals surface area contributed by atoms with Gasteiger partial charge in [0.2, 0.25) is 5.91 Å². The molecule has 0 bridgehead atoms. The fourth-order valence-corrected chi connectivity index (χ4v) is 3.28. The van der Waals surface area contributed by atoms with Gasteiger partial charge in [0.05, 0.1) is 0 Å². The van der Waals surface area contributed by atoms with Crippen LogP contribution >= 0.6 is 0 Å². The van der Waals surface area contributed by atoms with Crippen molar-refractivity contribution in [2.24, 2.45) is 11.3 Å². The molecule has 98 valence electrons. The molecule has 1 aliphatic carbocycles. The van der Waals surface area contributed by atoms with Crippen LogP contribution in [0.4, 0.5) is 0 Å². The van der Waals surface area contributed by atoms with E-state index in [0.717, 1.165) is 32.5 Å². The first kappa shape index (κ1) is 12.9. The Morgan fingerprint density at radius 1 is 1.29 bits per heavy atom. The molecule has 1 amide bonds. The number of piperidine rings is 1. The summed E-state index contributed by atoms with van der Waals surface area (Å²) in [5, 5.41) is 6.52. The Hall–Kier alpha value is -0.570. The number of carbonyl (C=O) groups is 1. The monoisotopic (exact) mass is 238 g/mol. The average Bonchev–Trinajstić information content (AvgIpc) is 2.86. The molecule has 17 heavy (non-hydrogen) atoms. The summed E-state index contributed by atoms with van der Waals surface area (Å²) >= 11 is 0. The maximum Gasteiger partial charge on any atom is 0.223 e. The van der Waals surface area contributed by atoms with Gasteiger partial charge in [-0.2, -0.15) is 0 Å². The minimum atomic E-state index is 0.256. The molecule has 1 saturated carbocycles. The number of hydrogen-bond acceptors (Lipinski definition) is 2. The molecular weight excluding hydrogens is 212 g/mol. The Morgan fingerprint density at radius 3 is 2.53 bits per heavy atom. The Bertz CT molecular complexity index is 253. The minimum absolute atomic E-state index is 0.256. The number of rotatable bonds is 4. The van der Waals surface area contributed by atoms with Crippen LogP contribution in [0, 0.1) is 11.3 Å². The minimum Gasteiger partial charge on any atom is -0.355 e. The Morgan fingerprint density at radius 2 is 1.94 bits per heavy atom. The number of hydrogen-bond donors (Lipinski definition) is 2. The van der Waals surface area contributed by atoms with Gasteiger partial charge in [-0.1, -0.05) is 19.8 Å². The maximum absolute atomic E-state index is 12.1. The third-order valence-corrected chi connectivity index (χ3v) is 4.76. The van der Waals surface area contributed by atoms with Crippen molar-refractivity contribution in [3.63, 3.8) is 0 Å². The molecule has 0 aromatic heterocycles. The van der Waals surface area contributed by atoms with Crippen molar-refractivity contribution in [1.29, 1.82) is 0 Å². The topological polar surface area (TPSA) is 41.1 Å². The molecule has 2 fully saturated rings. The smallest absolute Gasteiger partial charge is 0.223 e. The molecule has 0 atom stereocenters. The van der Waals surface area contributed by atoms with Crippen LogP contribution in [0.2, 0.25) is 0 Å². The van der Waals surface area contributed by atoms with Crippen molar-refractivity contribution < 1.29 is 4.79 Å². The highest BCUT2D eigenvalue weighted by atomic mass is 16.1. The van der Waals surface area contributed by atoms with Gasteiger partial charge < -0.3 is 10.6 Å². The highest BCUT2D eigenvalue weighted by Crippen LogP contribution is 2.40. The summed E-state index contributed by atoms with van der Waals surface area (Å²) in [6.45, 7) is 5.17. The van der Waals surface area contributed by atoms with E-state index >= 15 is 0 Å². The molecule has 2 aliphatic rings. The van der Waals surface area contributed by atoms with E-state index in [-0.39, 0.29) is 5.92 Å². The summed E-state index contributed by atoms with van der Waals surface area (Å²) < 4.78 is 0. The SMILES string of the molecule is CCC1(CNC(=O)C2CCNCC2)CCCC1. The average molecular weight is 238 g/mol. The largest absolute Gasteiger partial charge is 0.355 e. The summed E-state index contributed by atoms with van der Waals surface area (Å²) in [5.74, 6) is 0.554. The second-order valence-corrected chi connectivity index (χ2v) is 5.80. The van der Waals surface area contributed by atoms with Gasteiger partial charge in [0.15, 0.2) is 0 Å². The van der Waals surface area contributed by atoms with Crippen LogP contribution in [0.3, 0.4) is 0 Å². The first-order valence-corrected chi connectivity index (χ1v) is 7.24. The van der Waals surface area contributed by atoms with Crippen LogP contribution in [0.1, 0.15) is 51.9 Å². The van der Waals surface area contributed by atoms with Gasteiger partial charge in [-0.3, -0.25) is 4.79 Å². The lowest BCUT2D eigenvalue weighted by Gasteiger charge is -2.29. The Kier molecular flexibility index (Phi) is 4.43. The van der Waals surface area contributed by atoms with Crippen molar-refractivity contribution in [2.75, 3.05) is 19.6 Å². The standard InChI is InChI=1S/C14H26N2O/c1-2-14(7-3-4-8-14)11-16-13(17)12-5-9-15-10-6-12/h12,15H,2-11H2,1H3,(H,16,17). The molecule has 1 saturated heterocycles. The lowest BCUT2D eigenvalue weighted by Crippen LogP contribution is -2.42. The molecule has 3 nitrogen and oxygen atoms in total. The van der Waals surface area contributed by atoms with Gasteiger partial charge in [-0.25, -0.2) is 0 Å². The molecule has 0 aromatic carbocycles. The quantitative estimate of drug-likeness (QED) is 0.787. The van der Waals surface area contributed by atoms with Crippen LogP contribution in [0.5, 0.6) is 0 Å². The zero-order chi connectivity index (χ0) is 12.1. The lowest BCUT2D eigenvalue weighted by atomic mass is 9.83. The second-order valence-electron chi connectivity index (χ2n) is 5.80. The van der Waals surface area contributed by atoms with E-state index in [4.69, 9.17) is 0 Å². The van der Waals surface area contributed by atoms with Gasteiger partial charge in [-0.05, 0) is 50.6 Å². The van der Waals surface area contributed by atoms with Gasteiger partial charge in [0, 0.05) is 12.5 Å². The van der Waals surface area contributed by atoms with Crippen molar-refractivity contribution in [3.8, 4) is 0 Å². The highest BCUT2D eigenvalue weighted by molar-refractivity contribution is 5.78. The maximum atomic E-state index is 12.1. The zero-order valence-electron chi connectivity index (χ0n) is 11.1. The summed E-state index contributed by atoms with van der Waals surface area (Å²) in [4.78, 5) is 12.1. The number of carbonyl (C=O) groups excluding carboxylic acids is 1. The number of nitrogens with one attached hydrogen (secondary N) is 2. The van der Waals surface area contributed by atoms with Gasteiger partial charge in [0.25, 0.3) is 0 Å². The highest BCUT2D eigenvalue weighted by Gasteiger charge is 2.33. The van der Waals surface area contributed by atoms with Gasteiger partial charge in [-0.15, -0.1) is 0 Å². The molecule has 0 aromatic rings. The van der Waals surface area contributed by atoms with Crippen LogP contribution in [-0.2, 0) is 4.79 Å². The van der Waals surface area contributed by atoms with Crippen LogP contribution in [0.25, 0.3) is 0 Å². The first-order valence-electron chi connectivity index (χ1n) is 7.24. The van der Waals surface area contributed by atoms with Crippen LogP contribution in [0.15, 0.2) is 0 Å². The third kappa shape index (κ3) is 3.21. The fourth-order valence-electron chi connectivity index (χ4n) is 3.28. The Balaban J connectivity index is 1.78. The number of amides is 1. The van der Waals surface area contributed by atoms with Crippen LogP contribution < -0.4 is 10.6 Å². The van der Waals surface area contributed by atoms with E-state index in [1.165, 1.54) is 32.1 Å². The van der Waals surface area contributed by atoms with E-state index in [1.54, 1.807) is 0 Å². The van der Waals surface area contributed by atoms with E-state index in [2.05, 4.69) is 17.6 Å². The normalized spacial score (nSPS) is 24.8. The van der Waals surface area contributed by atoms with E-state index in [1.807, 2.05) is 0 Å². The van der Waals surface area contributed by atoms with E-state index in [0.29, 0.717) is 11.3 Å². The molecule has 2 rings (SSSR count). The predicted octanol–water partition coefficient (Wildman–Crippen LogP) is 2.07. The molecule has 3 heteroatoms. The summed E-state index contributed by atoms with van der Waals surface area (Å²) in [5.41, 5.74) is 0.419. The molecule has 1 aliphatic heterocycles. The second kappa shape index (κ2) is 5.85. The molecule has 0 spiro atoms. The zero-order valence-corrected chi connectivity index (χ0v) is 11.1. The van der Waals surface area contributed by atoms with Crippen molar-refractivity contribution >= 4 is 5.91 Å². The van der Waals surface area contributed by atoms with E-state index < -0.39 is 0 Å². The molecule has 0 unspecified atom stereocenters. The van der Waals surface area contributed by atoms with E-state index in [9.17, 15) is 4.79 Å². The third-order valence-electron chi connectivity index (χ3n) is 4.76. The van der Waals surface area contributed by atoms with Crippen molar-refractivity contribution in [3.05, 3.63) is 0 Å². The summed E-state index contributed by atoms with van der Waals surface area (Å²) in [6, 6.07) is 0. The lowest BCUT2D eigenvalue weighted by molar-refractivity contribution is -0.126.